The van der Waals surface area contributed by atoms with Gasteiger partial charge in [-0.25, -0.2) is 0 Å². The van der Waals surface area contributed by atoms with Gasteiger partial charge in [-0.3, -0.25) is 9.59 Å². The van der Waals surface area contributed by atoms with Gasteiger partial charge in [-0.1, -0.05) is 0 Å². The molecular formula is C10H22N2O2P2. The number of nitrogens with one attached hydrogen (secondary N) is 2. The van der Waals surface area contributed by atoms with Gasteiger partial charge in [-0.2, -0.15) is 0 Å². The predicted molar refractivity (Wildman–Crippen MR) is 73.6 cm³/mol. The normalized spacial score (nSPS) is 10.2. The lowest BCUT2D eigenvalue weighted by Gasteiger charge is -2.12. The lowest BCUT2D eigenvalue weighted by Crippen LogP contribution is -2.40. The summed E-state index contributed by atoms with van der Waals surface area (Å²) in [7, 11) is 5.20. The molecule has 0 saturated heterocycles. The number of rotatable bonds is 8. The Morgan fingerprint density at radius 1 is 1.00 bits per heavy atom. The molecule has 0 aliphatic heterocycles. The Morgan fingerprint density at radius 3 is 1.69 bits per heavy atom. The standard InChI is InChI=1S/C10H22N2O2P2/c1-8(9(13)11-4-2-6-15)10(14)12-5-3-7-16/h8H,2-7,15-16H2,1H3,(H,11,13)(H,12,14). The lowest BCUT2D eigenvalue weighted by molar-refractivity contribution is -0.134. The first-order valence-electron chi connectivity index (χ1n) is 5.59. The number of carbonyl (C=O) groups is 2. The Labute approximate surface area is 102 Å². The Morgan fingerprint density at radius 2 is 1.38 bits per heavy atom. The average Bonchev–Trinajstić information content (AvgIpc) is 2.28. The summed E-state index contributed by atoms with van der Waals surface area (Å²) in [5, 5.41) is 5.47. The van der Waals surface area contributed by atoms with Gasteiger partial charge in [0.1, 0.15) is 5.92 Å². The first-order chi connectivity index (χ1) is 7.63. The summed E-state index contributed by atoms with van der Waals surface area (Å²) in [5.74, 6) is -0.988. The van der Waals surface area contributed by atoms with E-state index in [2.05, 4.69) is 29.1 Å². The summed E-state index contributed by atoms with van der Waals surface area (Å²) >= 11 is 0. The van der Waals surface area contributed by atoms with E-state index < -0.39 is 5.92 Å². The highest BCUT2D eigenvalue weighted by molar-refractivity contribution is 7.16. The Bertz CT molecular complexity index is 203. The molecule has 0 bridgehead atoms. The average molecular weight is 264 g/mol. The molecule has 0 aliphatic rings. The van der Waals surface area contributed by atoms with Gasteiger partial charge >= 0.3 is 0 Å². The lowest BCUT2D eigenvalue weighted by atomic mass is 10.1. The number of amides is 2. The van der Waals surface area contributed by atoms with Crippen LogP contribution >= 0.6 is 18.5 Å². The van der Waals surface area contributed by atoms with Crippen LogP contribution in [0.2, 0.25) is 0 Å². The van der Waals surface area contributed by atoms with Crippen LogP contribution in [0.15, 0.2) is 0 Å². The third-order valence-electron chi connectivity index (χ3n) is 2.15. The van der Waals surface area contributed by atoms with Crippen molar-refractivity contribution < 1.29 is 9.59 Å². The third kappa shape index (κ3) is 7.14. The van der Waals surface area contributed by atoms with Crippen LogP contribution in [-0.4, -0.2) is 37.2 Å². The van der Waals surface area contributed by atoms with E-state index in [0.29, 0.717) is 13.1 Å². The van der Waals surface area contributed by atoms with Gasteiger partial charge in [0.2, 0.25) is 11.8 Å². The highest BCUT2D eigenvalue weighted by atomic mass is 31.0. The predicted octanol–water partition coefficient (Wildman–Crippen LogP) is 0.385. The Balaban J connectivity index is 3.78. The zero-order valence-electron chi connectivity index (χ0n) is 9.79. The van der Waals surface area contributed by atoms with Crippen molar-refractivity contribution in [2.45, 2.75) is 19.8 Å². The molecule has 0 radical (unpaired) electrons. The van der Waals surface area contributed by atoms with Crippen molar-refractivity contribution in [2.24, 2.45) is 5.92 Å². The van der Waals surface area contributed by atoms with Crippen LogP contribution in [0.5, 0.6) is 0 Å². The second kappa shape index (κ2) is 9.99. The molecule has 0 rings (SSSR count). The highest BCUT2D eigenvalue weighted by Crippen LogP contribution is 1.96. The minimum atomic E-state index is -0.603. The van der Waals surface area contributed by atoms with Gasteiger partial charge in [0, 0.05) is 13.1 Å². The molecule has 94 valence electrons. The molecule has 6 heteroatoms. The molecular weight excluding hydrogens is 242 g/mol. The molecule has 2 atom stereocenters. The van der Waals surface area contributed by atoms with Crippen LogP contribution in [0, 0.1) is 5.92 Å². The third-order valence-corrected chi connectivity index (χ3v) is 2.96. The zero-order valence-corrected chi connectivity index (χ0v) is 12.1. The van der Waals surface area contributed by atoms with Crippen molar-refractivity contribution in [1.82, 2.24) is 10.6 Å². The molecule has 0 aliphatic carbocycles. The molecule has 0 aromatic heterocycles. The molecule has 2 amide bonds. The topological polar surface area (TPSA) is 58.2 Å². The number of carbonyl (C=O) groups excluding carboxylic acids is 2. The summed E-state index contributed by atoms with van der Waals surface area (Å²) in [5.41, 5.74) is 0. The van der Waals surface area contributed by atoms with Crippen molar-refractivity contribution in [3.8, 4) is 0 Å². The molecule has 0 fully saturated rings. The summed E-state index contributed by atoms with van der Waals surface area (Å²) < 4.78 is 0. The van der Waals surface area contributed by atoms with Crippen molar-refractivity contribution in [1.29, 1.82) is 0 Å². The van der Waals surface area contributed by atoms with Crippen molar-refractivity contribution >= 4 is 30.3 Å². The maximum atomic E-state index is 11.5. The van der Waals surface area contributed by atoms with E-state index >= 15 is 0 Å². The van der Waals surface area contributed by atoms with Gasteiger partial charge in [-0.05, 0) is 32.1 Å². The first kappa shape index (κ1) is 15.8. The van der Waals surface area contributed by atoms with E-state index in [1.807, 2.05) is 0 Å². The smallest absolute Gasteiger partial charge is 0.232 e. The van der Waals surface area contributed by atoms with Gasteiger partial charge in [0.25, 0.3) is 0 Å². The molecule has 0 heterocycles. The fraction of sp³-hybridized carbons (Fsp3) is 0.800. The van der Waals surface area contributed by atoms with Crippen LogP contribution < -0.4 is 10.6 Å². The van der Waals surface area contributed by atoms with Gasteiger partial charge in [-0.15, -0.1) is 18.5 Å². The second-order valence-electron chi connectivity index (χ2n) is 3.59. The summed E-state index contributed by atoms with van der Waals surface area (Å²) in [6.45, 7) is 2.89. The van der Waals surface area contributed by atoms with Gasteiger partial charge < -0.3 is 10.6 Å². The molecule has 0 saturated carbocycles. The molecule has 2 N–H and O–H groups in total. The Hall–Kier alpha value is -0.200. The van der Waals surface area contributed by atoms with E-state index in [-0.39, 0.29) is 11.8 Å². The van der Waals surface area contributed by atoms with Crippen LogP contribution in [0.1, 0.15) is 19.8 Å². The summed E-state index contributed by atoms with van der Waals surface area (Å²) in [6, 6.07) is 0. The minimum Gasteiger partial charge on any atom is -0.355 e. The summed E-state index contributed by atoms with van der Waals surface area (Å²) in [6.07, 6.45) is 3.74. The maximum absolute atomic E-state index is 11.5. The largest absolute Gasteiger partial charge is 0.355 e. The van der Waals surface area contributed by atoms with Crippen molar-refractivity contribution in [3.63, 3.8) is 0 Å². The van der Waals surface area contributed by atoms with E-state index in [0.717, 1.165) is 25.2 Å². The molecule has 0 spiro atoms. The van der Waals surface area contributed by atoms with Crippen LogP contribution in [0.4, 0.5) is 0 Å². The monoisotopic (exact) mass is 264 g/mol. The molecule has 16 heavy (non-hydrogen) atoms. The van der Waals surface area contributed by atoms with Crippen LogP contribution in [0.3, 0.4) is 0 Å². The molecule has 0 aromatic rings. The number of hydrogen-bond acceptors (Lipinski definition) is 2. The van der Waals surface area contributed by atoms with Crippen molar-refractivity contribution in [2.75, 3.05) is 25.4 Å². The maximum Gasteiger partial charge on any atom is 0.232 e. The van der Waals surface area contributed by atoms with Crippen molar-refractivity contribution in [3.05, 3.63) is 0 Å². The van der Waals surface area contributed by atoms with Crippen LogP contribution in [0.25, 0.3) is 0 Å². The van der Waals surface area contributed by atoms with Gasteiger partial charge in [0.05, 0.1) is 0 Å². The minimum absolute atomic E-state index is 0.193. The Kier molecular flexibility index (Phi) is 9.86. The fourth-order valence-corrected chi connectivity index (χ4v) is 1.46. The highest BCUT2D eigenvalue weighted by Gasteiger charge is 2.19. The molecule has 0 aromatic carbocycles. The molecule has 2 unspecified atom stereocenters. The SMILES string of the molecule is CC(C(=O)NCCCP)C(=O)NCCCP. The van der Waals surface area contributed by atoms with Gasteiger partial charge in [0.15, 0.2) is 0 Å². The number of hydrogen-bond donors (Lipinski definition) is 2. The zero-order chi connectivity index (χ0) is 12.4. The second-order valence-corrected chi connectivity index (χ2v) is 4.74. The quantitative estimate of drug-likeness (QED) is 0.378. The van der Waals surface area contributed by atoms with E-state index in [9.17, 15) is 9.59 Å². The first-order valence-corrected chi connectivity index (χ1v) is 7.22. The van der Waals surface area contributed by atoms with Crippen LogP contribution in [-0.2, 0) is 9.59 Å². The van der Waals surface area contributed by atoms with E-state index in [1.54, 1.807) is 6.92 Å². The fourth-order valence-electron chi connectivity index (χ4n) is 1.05. The van der Waals surface area contributed by atoms with E-state index in [4.69, 9.17) is 0 Å². The molecule has 4 nitrogen and oxygen atoms in total. The summed E-state index contributed by atoms with van der Waals surface area (Å²) in [4.78, 5) is 23.0. The van der Waals surface area contributed by atoms with E-state index in [1.165, 1.54) is 0 Å².